The van der Waals surface area contributed by atoms with E-state index in [1.165, 1.54) is 18.6 Å². The summed E-state index contributed by atoms with van der Waals surface area (Å²) < 4.78 is 13.4. The van der Waals surface area contributed by atoms with Crippen molar-refractivity contribution in [2.24, 2.45) is 0 Å². The van der Waals surface area contributed by atoms with Crippen molar-refractivity contribution in [2.45, 2.75) is 70.5 Å². The van der Waals surface area contributed by atoms with Crippen molar-refractivity contribution in [2.75, 3.05) is 0 Å². The van der Waals surface area contributed by atoms with Crippen LogP contribution >= 0.6 is 11.6 Å². The van der Waals surface area contributed by atoms with Gasteiger partial charge in [-0.3, -0.25) is 9.59 Å². The van der Waals surface area contributed by atoms with Gasteiger partial charge in [0.1, 0.15) is 11.9 Å². The molecule has 0 radical (unpaired) electrons. The van der Waals surface area contributed by atoms with Gasteiger partial charge in [-0.2, -0.15) is 0 Å². The molecule has 2 aromatic carbocycles. The Bertz CT molecular complexity index is 881. The lowest BCUT2D eigenvalue weighted by Gasteiger charge is -2.33. The van der Waals surface area contributed by atoms with E-state index in [1.807, 2.05) is 25.1 Å². The number of rotatable bonds is 8. The number of hydrogen-bond acceptors (Lipinski definition) is 2. The van der Waals surface area contributed by atoms with Crippen LogP contribution in [-0.2, 0) is 22.6 Å². The number of carbonyl (C=O) groups excluding carboxylic acids is 2. The summed E-state index contributed by atoms with van der Waals surface area (Å²) in [5, 5.41) is 3.68. The Kier molecular flexibility index (Phi) is 8.47. The predicted molar refractivity (Wildman–Crippen MR) is 121 cm³/mol. The van der Waals surface area contributed by atoms with Crippen LogP contribution in [0.5, 0.6) is 0 Å². The minimum absolute atomic E-state index is 0.105. The first-order valence-corrected chi connectivity index (χ1v) is 11.4. The Hall–Kier alpha value is -2.40. The molecule has 4 nitrogen and oxygen atoms in total. The fourth-order valence-electron chi connectivity index (χ4n) is 4.16. The molecule has 0 aliphatic heterocycles. The molecule has 166 valence electrons. The molecule has 0 spiro atoms. The van der Waals surface area contributed by atoms with Crippen molar-refractivity contribution in [3.8, 4) is 0 Å². The number of carbonyl (C=O) groups is 2. The Balaban J connectivity index is 1.81. The van der Waals surface area contributed by atoms with Crippen LogP contribution in [-0.4, -0.2) is 28.8 Å². The van der Waals surface area contributed by atoms with E-state index in [0.29, 0.717) is 11.4 Å². The van der Waals surface area contributed by atoms with E-state index >= 15 is 0 Å². The van der Waals surface area contributed by atoms with Gasteiger partial charge >= 0.3 is 0 Å². The minimum atomic E-state index is -0.595. The van der Waals surface area contributed by atoms with Gasteiger partial charge in [0.25, 0.3) is 0 Å². The molecule has 2 aromatic rings. The molecule has 2 amide bonds. The van der Waals surface area contributed by atoms with Gasteiger partial charge in [-0.15, -0.1) is 0 Å². The van der Waals surface area contributed by atoms with Gasteiger partial charge < -0.3 is 10.2 Å². The van der Waals surface area contributed by atoms with E-state index in [1.54, 1.807) is 23.1 Å². The third-order valence-corrected chi connectivity index (χ3v) is 6.27. The van der Waals surface area contributed by atoms with Crippen molar-refractivity contribution < 1.29 is 14.0 Å². The van der Waals surface area contributed by atoms with Gasteiger partial charge in [-0.25, -0.2) is 4.39 Å². The van der Waals surface area contributed by atoms with Gasteiger partial charge in [0.05, 0.1) is 6.42 Å². The molecule has 3 rings (SSSR count). The van der Waals surface area contributed by atoms with Crippen molar-refractivity contribution in [1.29, 1.82) is 0 Å². The molecule has 1 N–H and O–H groups in total. The van der Waals surface area contributed by atoms with E-state index in [9.17, 15) is 14.0 Å². The number of amides is 2. The summed E-state index contributed by atoms with van der Waals surface area (Å²) in [5.41, 5.74) is 1.50. The first kappa shape index (κ1) is 23.3. The second kappa shape index (κ2) is 11.3. The Morgan fingerprint density at radius 3 is 2.42 bits per heavy atom. The maximum atomic E-state index is 13.4. The quantitative estimate of drug-likeness (QED) is 0.602. The fourth-order valence-corrected chi connectivity index (χ4v) is 4.36. The number of hydrogen-bond donors (Lipinski definition) is 1. The van der Waals surface area contributed by atoms with E-state index in [-0.39, 0.29) is 36.6 Å². The second-order valence-corrected chi connectivity index (χ2v) is 8.59. The zero-order valence-electron chi connectivity index (χ0n) is 17.9. The normalized spacial score (nSPS) is 15.3. The minimum Gasteiger partial charge on any atom is -0.352 e. The molecule has 0 saturated heterocycles. The first-order valence-electron chi connectivity index (χ1n) is 11.1. The van der Waals surface area contributed by atoms with Crippen molar-refractivity contribution in [3.05, 3.63) is 70.5 Å². The van der Waals surface area contributed by atoms with Gasteiger partial charge in [0, 0.05) is 17.6 Å². The van der Waals surface area contributed by atoms with Gasteiger partial charge in [-0.1, -0.05) is 68.1 Å². The lowest BCUT2D eigenvalue weighted by molar-refractivity contribution is -0.141. The highest BCUT2D eigenvalue weighted by atomic mass is 35.5. The lowest BCUT2D eigenvalue weighted by Crippen LogP contribution is -2.52. The van der Waals surface area contributed by atoms with Gasteiger partial charge in [0.15, 0.2) is 0 Å². The van der Waals surface area contributed by atoms with E-state index in [2.05, 4.69) is 5.32 Å². The van der Waals surface area contributed by atoms with Crippen LogP contribution in [0.3, 0.4) is 0 Å². The average molecular weight is 445 g/mol. The zero-order valence-corrected chi connectivity index (χ0v) is 18.7. The lowest BCUT2D eigenvalue weighted by atomic mass is 9.95. The number of nitrogens with zero attached hydrogens (tertiary/aromatic N) is 1. The third-order valence-electron chi connectivity index (χ3n) is 5.90. The second-order valence-electron chi connectivity index (χ2n) is 8.18. The van der Waals surface area contributed by atoms with Crippen molar-refractivity contribution in [3.63, 3.8) is 0 Å². The van der Waals surface area contributed by atoms with E-state index in [4.69, 9.17) is 11.6 Å². The molecule has 0 unspecified atom stereocenters. The van der Waals surface area contributed by atoms with E-state index in [0.717, 1.165) is 36.8 Å². The van der Waals surface area contributed by atoms with E-state index < -0.39 is 6.04 Å². The molecular weight excluding hydrogens is 415 g/mol. The highest BCUT2D eigenvalue weighted by molar-refractivity contribution is 6.31. The van der Waals surface area contributed by atoms with Crippen LogP contribution in [0.1, 0.15) is 56.6 Å². The van der Waals surface area contributed by atoms with Crippen molar-refractivity contribution >= 4 is 23.4 Å². The Morgan fingerprint density at radius 2 is 1.77 bits per heavy atom. The number of halogens is 2. The van der Waals surface area contributed by atoms with Gasteiger partial charge in [0.2, 0.25) is 11.8 Å². The molecule has 6 heteroatoms. The summed E-state index contributed by atoms with van der Waals surface area (Å²) in [6, 6.07) is 12.8. The average Bonchev–Trinajstić information content (AvgIpc) is 2.77. The molecular formula is C25H30ClFN2O2. The smallest absolute Gasteiger partial charge is 0.243 e. The Morgan fingerprint density at radius 1 is 1.10 bits per heavy atom. The molecule has 0 heterocycles. The number of nitrogens with one attached hydrogen (secondary N) is 1. The molecule has 0 aromatic heterocycles. The Labute approximate surface area is 188 Å². The summed E-state index contributed by atoms with van der Waals surface area (Å²) in [6.07, 6.45) is 6.00. The van der Waals surface area contributed by atoms with Crippen LogP contribution in [0.4, 0.5) is 4.39 Å². The highest BCUT2D eigenvalue weighted by Gasteiger charge is 2.30. The topological polar surface area (TPSA) is 49.4 Å². The summed E-state index contributed by atoms with van der Waals surface area (Å²) in [7, 11) is 0. The summed E-state index contributed by atoms with van der Waals surface area (Å²) >= 11 is 6.26. The monoisotopic (exact) mass is 444 g/mol. The zero-order chi connectivity index (χ0) is 22.2. The third kappa shape index (κ3) is 6.54. The predicted octanol–water partition coefficient (Wildman–Crippen LogP) is 5.28. The van der Waals surface area contributed by atoms with Crippen molar-refractivity contribution in [1.82, 2.24) is 10.2 Å². The van der Waals surface area contributed by atoms with Crippen LogP contribution in [0.15, 0.2) is 48.5 Å². The summed E-state index contributed by atoms with van der Waals surface area (Å²) in [4.78, 5) is 28.1. The fraction of sp³-hybridized carbons (Fsp3) is 0.440. The summed E-state index contributed by atoms with van der Waals surface area (Å²) in [6.45, 7) is 2.14. The van der Waals surface area contributed by atoms with Gasteiger partial charge in [-0.05, 0) is 48.6 Å². The first-order chi connectivity index (χ1) is 15.0. The standard InChI is InChI=1S/C25H30ClFN2O2/c1-2-23(25(31)28-21-9-4-3-5-10-21)29(17-18-12-14-20(27)15-13-18)24(30)16-19-8-6-7-11-22(19)26/h6-8,11-15,21,23H,2-5,9-10,16-17H2,1H3,(H,28,31)/t23-/m0/s1. The molecule has 1 saturated carbocycles. The largest absolute Gasteiger partial charge is 0.352 e. The summed E-state index contributed by atoms with van der Waals surface area (Å²) in [5.74, 6) is -0.633. The van der Waals surface area contributed by atoms with Crippen LogP contribution in [0.25, 0.3) is 0 Å². The molecule has 0 bridgehead atoms. The molecule has 1 fully saturated rings. The maximum absolute atomic E-state index is 13.4. The van der Waals surface area contributed by atoms with Crippen LogP contribution in [0.2, 0.25) is 5.02 Å². The van der Waals surface area contributed by atoms with Crippen LogP contribution < -0.4 is 5.32 Å². The molecule has 1 aliphatic carbocycles. The molecule has 1 atom stereocenters. The maximum Gasteiger partial charge on any atom is 0.243 e. The molecule has 1 aliphatic rings. The highest BCUT2D eigenvalue weighted by Crippen LogP contribution is 2.21. The SMILES string of the molecule is CC[C@@H](C(=O)NC1CCCCC1)N(Cc1ccc(F)cc1)C(=O)Cc1ccccc1Cl. The number of benzene rings is 2. The molecule has 31 heavy (non-hydrogen) atoms. The van der Waals surface area contributed by atoms with Crippen LogP contribution in [0, 0.1) is 5.82 Å².